The third kappa shape index (κ3) is 3.08. The quantitative estimate of drug-likeness (QED) is 0.913. The van der Waals surface area contributed by atoms with Gasteiger partial charge in [-0.05, 0) is 43.0 Å². The number of halogens is 1. The van der Waals surface area contributed by atoms with Crippen molar-refractivity contribution in [3.8, 4) is 17.0 Å². The third-order valence-electron chi connectivity index (χ3n) is 3.78. The van der Waals surface area contributed by atoms with E-state index in [1.165, 1.54) is 30.0 Å². The number of nitrogens with zero attached hydrogens (tertiary/aromatic N) is 2. The summed E-state index contributed by atoms with van der Waals surface area (Å²) in [5.74, 6) is -1.47. The van der Waals surface area contributed by atoms with Gasteiger partial charge in [0, 0.05) is 12.1 Å². The molecule has 0 bridgehead atoms. The first-order valence-electron chi connectivity index (χ1n) is 7.19. The summed E-state index contributed by atoms with van der Waals surface area (Å²) in [5, 5.41) is 13.4. The summed E-state index contributed by atoms with van der Waals surface area (Å²) < 4.78 is 19.9. The Hall–Kier alpha value is -2.70. The highest BCUT2D eigenvalue weighted by Gasteiger charge is 2.24. The number of hydrogen-bond acceptors (Lipinski definition) is 4. The number of carboxylic acid groups (broad SMARTS) is 1. The predicted molar refractivity (Wildman–Crippen MR) is 80.1 cm³/mol. The second-order valence-electron chi connectivity index (χ2n) is 5.53. The minimum absolute atomic E-state index is 0.0820. The largest absolute Gasteiger partial charge is 0.494 e. The molecule has 0 radical (unpaired) electrons. The highest BCUT2D eigenvalue weighted by atomic mass is 19.1. The van der Waals surface area contributed by atoms with Crippen LogP contribution in [0, 0.1) is 11.7 Å². The van der Waals surface area contributed by atoms with Gasteiger partial charge >= 0.3 is 5.97 Å². The molecule has 1 fully saturated rings. The molecule has 0 unspecified atom stereocenters. The molecule has 120 valence electrons. The Morgan fingerprint density at radius 1 is 1.43 bits per heavy atom. The maximum absolute atomic E-state index is 13.9. The lowest BCUT2D eigenvalue weighted by Gasteiger charge is -2.09. The molecule has 0 aliphatic heterocycles. The minimum Gasteiger partial charge on any atom is -0.494 e. The van der Waals surface area contributed by atoms with E-state index in [0.29, 0.717) is 18.0 Å². The van der Waals surface area contributed by atoms with Crippen LogP contribution in [-0.2, 0) is 6.54 Å². The van der Waals surface area contributed by atoms with Gasteiger partial charge in [0.2, 0.25) is 0 Å². The van der Waals surface area contributed by atoms with Gasteiger partial charge in [0.1, 0.15) is 5.56 Å². The summed E-state index contributed by atoms with van der Waals surface area (Å²) >= 11 is 0. The van der Waals surface area contributed by atoms with Crippen molar-refractivity contribution in [2.45, 2.75) is 19.4 Å². The van der Waals surface area contributed by atoms with Crippen molar-refractivity contribution in [1.82, 2.24) is 9.78 Å². The molecule has 1 aromatic carbocycles. The molecule has 0 saturated heterocycles. The Kier molecular flexibility index (Phi) is 3.85. The topological polar surface area (TPSA) is 81.4 Å². The normalized spacial score (nSPS) is 13.8. The maximum Gasteiger partial charge on any atom is 0.341 e. The van der Waals surface area contributed by atoms with E-state index in [4.69, 9.17) is 4.74 Å². The standard InChI is InChI=1S/C16H15FN2O4/c1-23-14-5-4-10(6-12(14)17)13-7-11(16(21)22)15(20)19(18-13)8-9-2-3-9/h4-7,9H,2-3,8H2,1H3,(H,21,22). The fourth-order valence-electron chi connectivity index (χ4n) is 2.33. The third-order valence-corrected chi connectivity index (χ3v) is 3.78. The molecule has 1 N–H and O–H groups in total. The number of aromatic nitrogens is 2. The monoisotopic (exact) mass is 318 g/mol. The Bertz CT molecular complexity index is 827. The molecule has 1 aliphatic carbocycles. The van der Waals surface area contributed by atoms with E-state index >= 15 is 0 Å². The Morgan fingerprint density at radius 2 is 2.17 bits per heavy atom. The van der Waals surface area contributed by atoms with Gasteiger partial charge in [-0.3, -0.25) is 4.79 Å². The lowest BCUT2D eigenvalue weighted by molar-refractivity contribution is 0.0693. The molecule has 0 amide bonds. The number of methoxy groups -OCH3 is 1. The Morgan fingerprint density at radius 3 is 2.74 bits per heavy atom. The van der Waals surface area contributed by atoms with Gasteiger partial charge in [-0.2, -0.15) is 5.10 Å². The van der Waals surface area contributed by atoms with E-state index in [2.05, 4.69) is 5.10 Å². The number of aromatic carboxylic acids is 1. The van der Waals surface area contributed by atoms with Crippen LogP contribution in [0.3, 0.4) is 0 Å². The molecule has 3 rings (SSSR count). The van der Waals surface area contributed by atoms with Gasteiger partial charge in [-0.15, -0.1) is 0 Å². The van der Waals surface area contributed by atoms with Crippen molar-refractivity contribution >= 4 is 5.97 Å². The molecular weight excluding hydrogens is 303 g/mol. The highest BCUT2D eigenvalue weighted by Crippen LogP contribution is 2.30. The van der Waals surface area contributed by atoms with E-state index in [0.717, 1.165) is 12.8 Å². The van der Waals surface area contributed by atoms with E-state index < -0.39 is 17.3 Å². The SMILES string of the molecule is COc1ccc(-c2cc(C(=O)O)c(=O)n(CC3CC3)n2)cc1F. The Labute approximate surface area is 131 Å². The number of hydrogen-bond donors (Lipinski definition) is 1. The zero-order valence-corrected chi connectivity index (χ0v) is 12.5. The average molecular weight is 318 g/mol. The second-order valence-corrected chi connectivity index (χ2v) is 5.53. The lowest BCUT2D eigenvalue weighted by atomic mass is 10.1. The number of carbonyl (C=O) groups is 1. The molecule has 1 aromatic heterocycles. The van der Waals surface area contributed by atoms with Crippen LogP contribution >= 0.6 is 0 Å². The van der Waals surface area contributed by atoms with Crippen molar-refractivity contribution in [2.75, 3.05) is 7.11 Å². The van der Waals surface area contributed by atoms with Gasteiger partial charge < -0.3 is 9.84 Å². The van der Waals surface area contributed by atoms with E-state index in [-0.39, 0.29) is 17.0 Å². The molecule has 7 heteroatoms. The fraction of sp³-hybridized carbons (Fsp3) is 0.312. The van der Waals surface area contributed by atoms with Crippen LogP contribution in [-0.4, -0.2) is 28.0 Å². The highest BCUT2D eigenvalue weighted by molar-refractivity contribution is 5.88. The molecular formula is C16H15FN2O4. The Balaban J connectivity index is 2.10. The van der Waals surface area contributed by atoms with Crippen LogP contribution < -0.4 is 10.3 Å². The van der Waals surface area contributed by atoms with Gasteiger partial charge in [0.15, 0.2) is 11.6 Å². The first kappa shape index (κ1) is 15.2. The summed E-state index contributed by atoms with van der Waals surface area (Å²) in [7, 11) is 1.36. The predicted octanol–water partition coefficient (Wildman–Crippen LogP) is 2.17. The average Bonchev–Trinajstić information content (AvgIpc) is 3.33. The fourth-order valence-corrected chi connectivity index (χ4v) is 2.33. The molecule has 1 aliphatic rings. The number of carboxylic acids is 1. The number of ether oxygens (including phenoxy) is 1. The van der Waals surface area contributed by atoms with Crippen LogP contribution in [0.1, 0.15) is 23.2 Å². The van der Waals surface area contributed by atoms with Gasteiger partial charge in [-0.1, -0.05) is 0 Å². The molecule has 1 heterocycles. The van der Waals surface area contributed by atoms with Crippen LogP contribution in [0.5, 0.6) is 5.75 Å². The van der Waals surface area contributed by atoms with Crippen molar-refractivity contribution in [3.63, 3.8) is 0 Å². The van der Waals surface area contributed by atoms with Crippen molar-refractivity contribution < 1.29 is 19.0 Å². The summed E-state index contributed by atoms with van der Waals surface area (Å²) in [6.07, 6.45) is 2.00. The summed E-state index contributed by atoms with van der Waals surface area (Å²) in [6.45, 7) is 0.381. The van der Waals surface area contributed by atoms with Gasteiger partial charge in [0.05, 0.1) is 12.8 Å². The first-order chi connectivity index (χ1) is 11.0. The van der Waals surface area contributed by atoms with Crippen LogP contribution in [0.25, 0.3) is 11.3 Å². The van der Waals surface area contributed by atoms with E-state index in [9.17, 15) is 19.1 Å². The maximum atomic E-state index is 13.9. The second kappa shape index (κ2) is 5.83. The molecule has 0 atom stereocenters. The van der Waals surface area contributed by atoms with Gasteiger partial charge in [-0.25, -0.2) is 13.9 Å². The summed E-state index contributed by atoms with van der Waals surface area (Å²) in [5.41, 5.74) is -0.381. The van der Waals surface area contributed by atoms with E-state index in [1.807, 2.05) is 0 Å². The molecule has 0 spiro atoms. The lowest BCUT2D eigenvalue weighted by Crippen LogP contribution is -2.29. The number of rotatable bonds is 5. The molecule has 6 nitrogen and oxygen atoms in total. The zero-order valence-electron chi connectivity index (χ0n) is 12.5. The number of benzene rings is 1. The molecule has 1 saturated carbocycles. The van der Waals surface area contributed by atoms with Crippen LogP contribution in [0.2, 0.25) is 0 Å². The summed E-state index contributed by atoms with van der Waals surface area (Å²) in [4.78, 5) is 23.4. The minimum atomic E-state index is -1.32. The molecule has 2 aromatic rings. The van der Waals surface area contributed by atoms with Crippen molar-refractivity contribution in [1.29, 1.82) is 0 Å². The smallest absolute Gasteiger partial charge is 0.341 e. The van der Waals surface area contributed by atoms with Crippen molar-refractivity contribution in [3.05, 3.63) is 46.0 Å². The zero-order chi connectivity index (χ0) is 16.6. The van der Waals surface area contributed by atoms with Gasteiger partial charge in [0.25, 0.3) is 5.56 Å². The van der Waals surface area contributed by atoms with E-state index in [1.54, 1.807) is 6.07 Å². The summed E-state index contributed by atoms with van der Waals surface area (Å²) in [6, 6.07) is 5.39. The van der Waals surface area contributed by atoms with Crippen LogP contribution in [0.4, 0.5) is 4.39 Å². The van der Waals surface area contributed by atoms with Crippen molar-refractivity contribution in [2.24, 2.45) is 5.92 Å². The van der Waals surface area contributed by atoms with Crippen LogP contribution in [0.15, 0.2) is 29.1 Å². The first-order valence-corrected chi connectivity index (χ1v) is 7.19. The molecule has 23 heavy (non-hydrogen) atoms.